The molecule has 0 saturated heterocycles. The maximum atomic E-state index is 5.84. The minimum Gasteiger partial charge on any atom is -0.385 e. The molecule has 1 aliphatic rings. The van der Waals surface area contributed by atoms with Gasteiger partial charge >= 0.3 is 0 Å². The molecular formula is C16H26N2O. The number of ether oxygens (including phenoxy) is 1. The summed E-state index contributed by atoms with van der Waals surface area (Å²) < 4.78 is 5.20. The van der Waals surface area contributed by atoms with Gasteiger partial charge in [-0.3, -0.25) is 11.3 Å². The molecule has 1 aromatic carbocycles. The van der Waals surface area contributed by atoms with Crippen LogP contribution in [-0.4, -0.2) is 19.8 Å². The van der Waals surface area contributed by atoms with E-state index in [1.54, 1.807) is 7.11 Å². The van der Waals surface area contributed by atoms with Crippen LogP contribution in [0.4, 0.5) is 0 Å². The highest BCUT2D eigenvalue weighted by Crippen LogP contribution is 2.36. The zero-order chi connectivity index (χ0) is 13.7. The van der Waals surface area contributed by atoms with Gasteiger partial charge in [0.1, 0.15) is 0 Å². The van der Waals surface area contributed by atoms with Crippen LogP contribution in [0.15, 0.2) is 24.3 Å². The van der Waals surface area contributed by atoms with Crippen LogP contribution in [-0.2, 0) is 11.2 Å². The summed E-state index contributed by atoms with van der Waals surface area (Å²) in [6.45, 7) is 3.06. The first-order valence-corrected chi connectivity index (χ1v) is 7.30. The first-order chi connectivity index (χ1) is 9.27. The fourth-order valence-corrected chi connectivity index (χ4v) is 3.32. The van der Waals surface area contributed by atoms with Gasteiger partial charge in [-0.1, -0.05) is 31.2 Å². The lowest BCUT2D eigenvalue weighted by Gasteiger charge is -2.35. The van der Waals surface area contributed by atoms with Gasteiger partial charge in [0, 0.05) is 25.7 Å². The van der Waals surface area contributed by atoms with Crippen LogP contribution in [0, 0.1) is 5.92 Å². The van der Waals surface area contributed by atoms with Crippen LogP contribution < -0.4 is 11.3 Å². The molecule has 0 bridgehead atoms. The second-order valence-electron chi connectivity index (χ2n) is 5.65. The molecule has 3 atom stereocenters. The Bertz CT molecular complexity index is 394. The number of nitrogens with one attached hydrogen (secondary N) is 1. The van der Waals surface area contributed by atoms with Gasteiger partial charge in [0.15, 0.2) is 0 Å². The van der Waals surface area contributed by atoms with E-state index in [0.29, 0.717) is 17.9 Å². The van der Waals surface area contributed by atoms with Crippen molar-refractivity contribution in [2.75, 3.05) is 13.7 Å². The second-order valence-corrected chi connectivity index (χ2v) is 5.65. The Morgan fingerprint density at radius 3 is 2.95 bits per heavy atom. The molecule has 3 unspecified atom stereocenters. The van der Waals surface area contributed by atoms with Crippen molar-refractivity contribution in [3.05, 3.63) is 35.4 Å². The number of benzene rings is 1. The number of rotatable bonds is 6. The first kappa shape index (κ1) is 14.5. The van der Waals surface area contributed by atoms with Crippen molar-refractivity contribution in [2.24, 2.45) is 11.8 Å². The molecule has 3 heteroatoms. The summed E-state index contributed by atoms with van der Waals surface area (Å²) in [5.41, 5.74) is 6.05. The van der Waals surface area contributed by atoms with Gasteiger partial charge in [-0.2, -0.15) is 0 Å². The lowest BCUT2D eigenvalue weighted by Crippen LogP contribution is -2.45. The topological polar surface area (TPSA) is 47.3 Å². The number of methoxy groups -OCH3 is 1. The Morgan fingerprint density at radius 2 is 2.21 bits per heavy atom. The predicted molar refractivity (Wildman–Crippen MR) is 78.9 cm³/mol. The van der Waals surface area contributed by atoms with Crippen molar-refractivity contribution in [1.82, 2.24) is 5.43 Å². The van der Waals surface area contributed by atoms with E-state index in [1.165, 1.54) is 30.4 Å². The third-order valence-electron chi connectivity index (χ3n) is 4.43. The van der Waals surface area contributed by atoms with Crippen LogP contribution in [0.2, 0.25) is 0 Å². The standard InChI is InChI=1S/C16H26N2O/c1-12(10-11-19-2)16(18-17)15-9-5-7-13-6-3-4-8-14(13)15/h3-4,6,8,12,15-16,18H,5,7,9-11,17H2,1-2H3. The predicted octanol–water partition coefficient (Wildman–Crippen LogP) is 2.61. The molecule has 1 aromatic rings. The molecule has 0 radical (unpaired) electrons. The Balaban J connectivity index is 2.15. The molecule has 1 aliphatic carbocycles. The highest BCUT2D eigenvalue weighted by atomic mass is 16.5. The summed E-state index contributed by atoms with van der Waals surface area (Å²) in [6, 6.07) is 9.14. The van der Waals surface area contributed by atoms with Crippen LogP contribution >= 0.6 is 0 Å². The van der Waals surface area contributed by atoms with Crippen LogP contribution in [0.25, 0.3) is 0 Å². The molecule has 0 heterocycles. The lowest BCUT2D eigenvalue weighted by molar-refractivity contribution is 0.163. The lowest BCUT2D eigenvalue weighted by atomic mass is 9.75. The monoisotopic (exact) mass is 262 g/mol. The highest BCUT2D eigenvalue weighted by molar-refractivity contribution is 5.33. The smallest absolute Gasteiger partial charge is 0.0465 e. The third kappa shape index (κ3) is 3.35. The van der Waals surface area contributed by atoms with Crippen molar-refractivity contribution in [2.45, 2.75) is 44.6 Å². The summed E-state index contributed by atoms with van der Waals surface area (Å²) >= 11 is 0. The second kappa shape index (κ2) is 7.04. The van der Waals surface area contributed by atoms with Gasteiger partial charge in [-0.15, -0.1) is 0 Å². The van der Waals surface area contributed by atoms with E-state index in [4.69, 9.17) is 10.6 Å². The van der Waals surface area contributed by atoms with Crippen molar-refractivity contribution in [3.63, 3.8) is 0 Å². The normalized spacial score (nSPS) is 21.7. The Morgan fingerprint density at radius 1 is 1.42 bits per heavy atom. The van der Waals surface area contributed by atoms with E-state index < -0.39 is 0 Å². The minimum atomic E-state index is 0.330. The van der Waals surface area contributed by atoms with Gasteiger partial charge in [-0.05, 0) is 42.7 Å². The Kier molecular flexibility index (Phi) is 5.37. The van der Waals surface area contributed by atoms with E-state index in [2.05, 4.69) is 36.6 Å². The average Bonchev–Trinajstić information content (AvgIpc) is 2.46. The molecular weight excluding hydrogens is 236 g/mol. The molecule has 3 nitrogen and oxygen atoms in total. The molecule has 0 fully saturated rings. The maximum Gasteiger partial charge on any atom is 0.0465 e. The molecule has 0 saturated carbocycles. The fraction of sp³-hybridized carbons (Fsp3) is 0.625. The van der Waals surface area contributed by atoms with E-state index >= 15 is 0 Å². The zero-order valence-corrected chi connectivity index (χ0v) is 12.1. The van der Waals surface area contributed by atoms with E-state index in [0.717, 1.165) is 13.0 Å². The Hall–Kier alpha value is -0.900. The van der Waals surface area contributed by atoms with Crippen molar-refractivity contribution in [1.29, 1.82) is 0 Å². The number of fused-ring (bicyclic) bond motifs is 1. The number of nitrogens with two attached hydrogens (primary N) is 1. The molecule has 106 valence electrons. The van der Waals surface area contributed by atoms with Gasteiger partial charge in [-0.25, -0.2) is 0 Å². The van der Waals surface area contributed by atoms with E-state index in [-0.39, 0.29) is 0 Å². The van der Waals surface area contributed by atoms with Crippen LogP contribution in [0.1, 0.15) is 43.2 Å². The summed E-state index contributed by atoms with van der Waals surface area (Å²) in [7, 11) is 1.76. The van der Waals surface area contributed by atoms with Gasteiger partial charge in [0.05, 0.1) is 0 Å². The molecule has 3 N–H and O–H groups in total. The summed E-state index contributed by atoms with van der Waals surface area (Å²) in [4.78, 5) is 0. The van der Waals surface area contributed by atoms with Gasteiger partial charge in [0.2, 0.25) is 0 Å². The largest absolute Gasteiger partial charge is 0.385 e. The summed E-state index contributed by atoms with van der Waals surface area (Å²) in [5, 5.41) is 0. The minimum absolute atomic E-state index is 0.330. The Labute approximate surface area is 116 Å². The highest BCUT2D eigenvalue weighted by Gasteiger charge is 2.30. The average molecular weight is 262 g/mol. The van der Waals surface area contributed by atoms with Gasteiger partial charge in [0.25, 0.3) is 0 Å². The number of hydrogen-bond acceptors (Lipinski definition) is 3. The third-order valence-corrected chi connectivity index (χ3v) is 4.43. The number of aryl methyl sites for hydroxylation is 1. The molecule has 0 aromatic heterocycles. The molecule has 19 heavy (non-hydrogen) atoms. The van der Waals surface area contributed by atoms with Crippen molar-refractivity contribution < 1.29 is 4.74 Å². The van der Waals surface area contributed by atoms with Crippen molar-refractivity contribution in [3.8, 4) is 0 Å². The molecule has 0 amide bonds. The summed E-state index contributed by atoms with van der Waals surface area (Å²) in [5.74, 6) is 6.89. The van der Waals surface area contributed by atoms with E-state index in [9.17, 15) is 0 Å². The van der Waals surface area contributed by atoms with Crippen molar-refractivity contribution >= 4 is 0 Å². The van der Waals surface area contributed by atoms with E-state index in [1.807, 2.05) is 0 Å². The summed E-state index contributed by atoms with van der Waals surface area (Å²) in [6.07, 6.45) is 4.74. The number of hydrazine groups is 1. The van der Waals surface area contributed by atoms with Crippen LogP contribution in [0.3, 0.4) is 0 Å². The zero-order valence-electron chi connectivity index (χ0n) is 12.1. The van der Waals surface area contributed by atoms with Crippen LogP contribution in [0.5, 0.6) is 0 Å². The molecule has 0 spiro atoms. The maximum absolute atomic E-state index is 5.84. The number of hydrogen-bond donors (Lipinski definition) is 2. The molecule has 2 rings (SSSR count). The quantitative estimate of drug-likeness (QED) is 0.612. The van der Waals surface area contributed by atoms with Gasteiger partial charge < -0.3 is 4.74 Å². The fourth-order valence-electron chi connectivity index (χ4n) is 3.32. The first-order valence-electron chi connectivity index (χ1n) is 7.30. The SMILES string of the molecule is COCCC(C)C(NN)C1CCCc2ccccc21. The molecule has 0 aliphatic heterocycles.